The molecule has 3 aromatic rings. The number of aryl methyl sites for hydroxylation is 1. The molecule has 0 aromatic carbocycles. The van der Waals surface area contributed by atoms with E-state index in [1.807, 2.05) is 28.9 Å². The maximum absolute atomic E-state index is 5.73. The number of pyridine rings is 1. The molecule has 0 fully saturated rings. The molecule has 0 aliphatic rings. The quantitative estimate of drug-likeness (QED) is 0.697. The van der Waals surface area contributed by atoms with Gasteiger partial charge in [0.05, 0.1) is 10.6 Å². The Hall–Kier alpha value is -1.81. The number of thiophene rings is 1. The standard InChI is InChI=1S/C12H11N3S/c1-8-2-4-11(16-8)10-7-15-6-9(13)3-5-12(15)14-10/h2-7H,13H2,1H3. The minimum atomic E-state index is 0.749. The van der Waals surface area contributed by atoms with Crippen molar-refractivity contribution in [3.05, 3.63) is 41.5 Å². The van der Waals surface area contributed by atoms with Gasteiger partial charge < -0.3 is 10.1 Å². The van der Waals surface area contributed by atoms with Crippen LogP contribution in [0.3, 0.4) is 0 Å². The maximum Gasteiger partial charge on any atom is 0.137 e. The number of hydrogen-bond donors (Lipinski definition) is 1. The molecule has 0 saturated heterocycles. The molecule has 0 amide bonds. The van der Waals surface area contributed by atoms with E-state index in [-0.39, 0.29) is 0 Å². The third kappa shape index (κ3) is 1.47. The van der Waals surface area contributed by atoms with Gasteiger partial charge in [-0.25, -0.2) is 4.98 Å². The van der Waals surface area contributed by atoms with Crippen molar-refractivity contribution in [3.8, 4) is 10.6 Å². The Morgan fingerprint density at radius 1 is 1.19 bits per heavy atom. The van der Waals surface area contributed by atoms with Crippen molar-refractivity contribution in [1.82, 2.24) is 9.38 Å². The van der Waals surface area contributed by atoms with Crippen LogP contribution in [0.4, 0.5) is 5.69 Å². The topological polar surface area (TPSA) is 43.3 Å². The van der Waals surface area contributed by atoms with Crippen LogP contribution < -0.4 is 5.73 Å². The fourth-order valence-electron chi connectivity index (χ4n) is 1.70. The van der Waals surface area contributed by atoms with Gasteiger partial charge in [0.25, 0.3) is 0 Å². The molecule has 0 bridgehead atoms. The number of anilines is 1. The van der Waals surface area contributed by atoms with Gasteiger partial charge in [-0.2, -0.15) is 0 Å². The van der Waals surface area contributed by atoms with E-state index in [2.05, 4.69) is 24.0 Å². The highest BCUT2D eigenvalue weighted by Gasteiger charge is 2.06. The average Bonchev–Trinajstić information content (AvgIpc) is 2.83. The minimum absolute atomic E-state index is 0.749. The lowest BCUT2D eigenvalue weighted by Crippen LogP contribution is -1.88. The summed E-state index contributed by atoms with van der Waals surface area (Å²) in [6, 6.07) is 8.01. The Morgan fingerprint density at radius 2 is 2.06 bits per heavy atom. The summed E-state index contributed by atoms with van der Waals surface area (Å²) in [5.74, 6) is 0. The summed E-state index contributed by atoms with van der Waals surface area (Å²) < 4.78 is 1.96. The molecule has 0 aliphatic heterocycles. The molecular weight excluding hydrogens is 218 g/mol. The van der Waals surface area contributed by atoms with Crippen LogP contribution in [0.15, 0.2) is 36.7 Å². The van der Waals surface area contributed by atoms with Gasteiger partial charge in [0.1, 0.15) is 5.65 Å². The molecule has 80 valence electrons. The third-order valence-corrected chi connectivity index (χ3v) is 3.49. The number of nitrogens with two attached hydrogens (primary N) is 1. The van der Waals surface area contributed by atoms with Crippen molar-refractivity contribution in [1.29, 1.82) is 0 Å². The van der Waals surface area contributed by atoms with Crippen LogP contribution in [0.1, 0.15) is 4.88 Å². The molecule has 0 radical (unpaired) electrons. The molecule has 2 N–H and O–H groups in total. The molecular formula is C12H11N3S. The molecule has 0 unspecified atom stereocenters. The normalized spacial score (nSPS) is 11.1. The van der Waals surface area contributed by atoms with Gasteiger partial charge in [-0.05, 0) is 31.2 Å². The first-order chi connectivity index (χ1) is 7.72. The summed E-state index contributed by atoms with van der Waals surface area (Å²) in [5.41, 5.74) is 8.41. The molecule has 3 aromatic heterocycles. The molecule has 16 heavy (non-hydrogen) atoms. The van der Waals surface area contributed by atoms with Crippen LogP contribution in [0.2, 0.25) is 0 Å². The summed E-state index contributed by atoms with van der Waals surface area (Å²) >= 11 is 1.75. The van der Waals surface area contributed by atoms with Gasteiger partial charge >= 0.3 is 0 Å². The molecule has 0 spiro atoms. The SMILES string of the molecule is Cc1ccc(-c2cn3cc(N)ccc3n2)s1. The Kier molecular flexibility index (Phi) is 1.97. The average molecular weight is 229 g/mol. The predicted molar refractivity (Wildman–Crippen MR) is 67.7 cm³/mol. The number of imidazole rings is 1. The summed E-state index contributed by atoms with van der Waals surface area (Å²) in [6.07, 6.45) is 3.89. The molecule has 4 heteroatoms. The van der Waals surface area contributed by atoms with Gasteiger partial charge in [-0.15, -0.1) is 11.3 Å². The van der Waals surface area contributed by atoms with E-state index < -0.39 is 0 Å². The van der Waals surface area contributed by atoms with Gasteiger partial charge in [0, 0.05) is 23.0 Å². The predicted octanol–water partition coefficient (Wildman–Crippen LogP) is 2.95. The second kappa shape index (κ2) is 3.35. The number of hydrogen-bond acceptors (Lipinski definition) is 3. The summed E-state index contributed by atoms with van der Waals surface area (Å²) in [6.45, 7) is 2.10. The molecule has 0 saturated carbocycles. The lowest BCUT2D eigenvalue weighted by Gasteiger charge is -1.93. The lowest BCUT2D eigenvalue weighted by molar-refractivity contribution is 1.19. The van der Waals surface area contributed by atoms with Crippen LogP contribution in [-0.4, -0.2) is 9.38 Å². The van der Waals surface area contributed by atoms with Crippen LogP contribution >= 0.6 is 11.3 Å². The second-order valence-corrected chi connectivity index (χ2v) is 5.05. The number of fused-ring (bicyclic) bond motifs is 1. The number of nitrogen functional groups attached to an aromatic ring is 1. The molecule has 0 aliphatic carbocycles. The highest BCUT2D eigenvalue weighted by molar-refractivity contribution is 7.15. The number of nitrogens with zero attached hydrogens (tertiary/aromatic N) is 2. The Balaban J connectivity index is 2.18. The van der Waals surface area contributed by atoms with Crippen LogP contribution in [0.25, 0.3) is 16.2 Å². The van der Waals surface area contributed by atoms with Crippen molar-refractivity contribution in [2.75, 3.05) is 5.73 Å². The summed E-state index contributed by atoms with van der Waals surface area (Å²) in [7, 11) is 0. The third-order valence-electron chi connectivity index (χ3n) is 2.47. The van der Waals surface area contributed by atoms with Crippen LogP contribution in [0.5, 0.6) is 0 Å². The highest BCUT2D eigenvalue weighted by Crippen LogP contribution is 2.27. The highest BCUT2D eigenvalue weighted by atomic mass is 32.1. The Morgan fingerprint density at radius 3 is 2.81 bits per heavy atom. The molecule has 3 nitrogen and oxygen atoms in total. The van der Waals surface area contributed by atoms with Crippen LogP contribution in [-0.2, 0) is 0 Å². The van der Waals surface area contributed by atoms with E-state index in [4.69, 9.17) is 5.73 Å². The second-order valence-electron chi connectivity index (χ2n) is 3.76. The van der Waals surface area contributed by atoms with E-state index >= 15 is 0 Å². The lowest BCUT2D eigenvalue weighted by atomic mass is 10.4. The summed E-state index contributed by atoms with van der Waals surface area (Å²) in [4.78, 5) is 7.05. The van der Waals surface area contributed by atoms with Gasteiger partial charge in [-0.1, -0.05) is 0 Å². The van der Waals surface area contributed by atoms with E-state index in [0.717, 1.165) is 17.0 Å². The van der Waals surface area contributed by atoms with Gasteiger partial charge in [-0.3, -0.25) is 0 Å². The maximum atomic E-state index is 5.73. The zero-order chi connectivity index (χ0) is 11.1. The van der Waals surface area contributed by atoms with Crippen LogP contribution in [0, 0.1) is 6.92 Å². The fourth-order valence-corrected chi connectivity index (χ4v) is 2.52. The van der Waals surface area contributed by atoms with E-state index in [1.54, 1.807) is 11.3 Å². The van der Waals surface area contributed by atoms with Crippen molar-refractivity contribution < 1.29 is 0 Å². The zero-order valence-corrected chi connectivity index (χ0v) is 9.66. The van der Waals surface area contributed by atoms with Crippen molar-refractivity contribution in [3.63, 3.8) is 0 Å². The Bertz CT molecular complexity index is 651. The van der Waals surface area contributed by atoms with Crippen molar-refractivity contribution in [2.45, 2.75) is 6.92 Å². The van der Waals surface area contributed by atoms with E-state index in [1.165, 1.54) is 9.75 Å². The van der Waals surface area contributed by atoms with Gasteiger partial charge in [0.2, 0.25) is 0 Å². The number of aromatic nitrogens is 2. The molecule has 3 heterocycles. The number of rotatable bonds is 1. The first-order valence-electron chi connectivity index (χ1n) is 5.03. The van der Waals surface area contributed by atoms with Crippen molar-refractivity contribution in [2.24, 2.45) is 0 Å². The smallest absolute Gasteiger partial charge is 0.137 e. The van der Waals surface area contributed by atoms with E-state index in [0.29, 0.717) is 0 Å². The molecule has 3 rings (SSSR count). The Labute approximate surface area is 97.2 Å². The first-order valence-corrected chi connectivity index (χ1v) is 5.85. The minimum Gasteiger partial charge on any atom is -0.398 e. The first kappa shape index (κ1) is 9.42. The fraction of sp³-hybridized carbons (Fsp3) is 0.0833. The zero-order valence-electron chi connectivity index (χ0n) is 8.84. The molecule has 0 atom stereocenters. The van der Waals surface area contributed by atoms with Gasteiger partial charge in [0.15, 0.2) is 0 Å². The van der Waals surface area contributed by atoms with E-state index in [9.17, 15) is 0 Å². The van der Waals surface area contributed by atoms with Crippen molar-refractivity contribution >= 4 is 22.7 Å². The largest absolute Gasteiger partial charge is 0.398 e. The summed E-state index contributed by atoms with van der Waals surface area (Å²) in [5, 5.41) is 0. The monoisotopic (exact) mass is 229 g/mol.